The Kier molecular flexibility index (Phi) is 11.3. The quantitative estimate of drug-likeness (QED) is 0.138. The summed E-state index contributed by atoms with van der Waals surface area (Å²) in [5.74, 6) is -1.47. The first kappa shape index (κ1) is 24.3. The average Bonchev–Trinajstić information content (AvgIpc) is 2.72. The van der Waals surface area contributed by atoms with Crippen LogP contribution in [0.3, 0.4) is 0 Å². The van der Waals surface area contributed by atoms with Gasteiger partial charge in [0.15, 0.2) is 18.3 Å². The third-order valence-electron chi connectivity index (χ3n) is 4.81. The van der Waals surface area contributed by atoms with Crippen LogP contribution in [-0.4, -0.2) is 73.3 Å². The molecule has 7 N–H and O–H groups in total. The highest BCUT2D eigenvalue weighted by Gasteiger charge is 2.28. The zero-order chi connectivity index (χ0) is 21.6. The summed E-state index contributed by atoms with van der Waals surface area (Å²) >= 11 is 0. The Morgan fingerprint density at radius 2 is 1.93 bits per heavy atom. The summed E-state index contributed by atoms with van der Waals surface area (Å²) in [4.78, 5) is 48.7. The summed E-state index contributed by atoms with van der Waals surface area (Å²) in [7, 11) is 0. The monoisotopic (exact) mass is 411 g/mol. The molecule has 0 aromatic carbocycles. The fourth-order valence-electron chi connectivity index (χ4n) is 3.37. The molecule has 0 spiro atoms. The van der Waals surface area contributed by atoms with Crippen molar-refractivity contribution in [1.29, 1.82) is 5.41 Å². The predicted molar refractivity (Wildman–Crippen MR) is 105 cm³/mol. The minimum absolute atomic E-state index is 0.0348. The molecule has 1 aliphatic carbocycles. The van der Waals surface area contributed by atoms with Gasteiger partial charge in [-0.3, -0.25) is 19.8 Å². The van der Waals surface area contributed by atoms with Gasteiger partial charge < -0.3 is 31.7 Å². The minimum Gasteiger partial charge on any atom is -0.449 e. The summed E-state index contributed by atoms with van der Waals surface area (Å²) in [6.45, 7) is 0.639. The molecule has 0 saturated heterocycles. The molecule has 163 valence electrons. The second-order valence-electron chi connectivity index (χ2n) is 6.96. The number of nitrogens with one attached hydrogen (secondary N) is 3. The van der Waals surface area contributed by atoms with Crippen molar-refractivity contribution in [1.82, 2.24) is 15.5 Å². The average molecular weight is 411 g/mol. The van der Waals surface area contributed by atoms with Gasteiger partial charge in [-0.05, 0) is 25.7 Å². The highest BCUT2D eigenvalue weighted by Crippen LogP contribution is 2.22. The number of nitrogens with two attached hydrogens (primary N) is 2. The Morgan fingerprint density at radius 3 is 2.52 bits per heavy atom. The van der Waals surface area contributed by atoms with Crippen LogP contribution in [0.4, 0.5) is 0 Å². The summed E-state index contributed by atoms with van der Waals surface area (Å²) in [5.41, 5.74) is 10.7. The van der Waals surface area contributed by atoms with E-state index in [9.17, 15) is 19.2 Å². The van der Waals surface area contributed by atoms with Gasteiger partial charge in [0.2, 0.25) is 11.8 Å². The molecule has 0 aromatic heterocycles. The zero-order valence-corrected chi connectivity index (χ0v) is 16.6. The Labute approximate surface area is 170 Å². The maximum absolute atomic E-state index is 12.6. The van der Waals surface area contributed by atoms with Crippen molar-refractivity contribution < 1.29 is 23.9 Å². The van der Waals surface area contributed by atoms with Crippen LogP contribution >= 0.6 is 0 Å². The lowest BCUT2D eigenvalue weighted by molar-refractivity contribution is -0.138. The van der Waals surface area contributed by atoms with Gasteiger partial charge in [0.1, 0.15) is 0 Å². The molecule has 1 aliphatic rings. The van der Waals surface area contributed by atoms with E-state index >= 15 is 0 Å². The largest absolute Gasteiger partial charge is 0.449 e. The van der Waals surface area contributed by atoms with Crippen LogP contribution in [-0.2, 0) is 23.9 Å². The molecule has 0 bridgehead atoms. The van der Waals surface area contributed by atoms with E-state index in [1.807, 2.05) is 0 Å². The van der Waals surface area contributed by atoms with Gasteiger partial charge in [0.25, 0.3) is 0 Å². The fourth-order valence-corrected chi connectivity index (χ4v) is 3.37. The number of guanidine groups is 1. The van der Waals surface area contributed by atoms with Crippen LogP contribution in [0, 0.1) is 5.41 Å². The first-order valence-corrected chi connectivity index (χ1v) is 9.77. The molecule has 11 heteroatoms. The molecule has 0 aliphatic heterocycles. The normalized spacial score (nSPS) is 15.1. The van der Waals surface area contributed by atoms with E-state index in [-0.39, 0.29) is 37.4 Å². The van der Waals surface area contributed by atoms with Gasteiger partial charge in [0.05, 0.1) is 19.1 Å². The highest BCUT2D eigenvalue weighted by molar-refractivity contribution is 5.92. The number of carbonyl (C=O) groups excluding carboxylic acids is 4. The predicted octanol–water partition coefficient (Wildman–Crippen LogP) is -1.49. The number of rotatable bonds is 13. The minimum atomic E-state index is -0.897. The number of Topliss-reactive ketones (excluding diaryl/α,β-unsaturated/α-hetero) is 1. The van der Waals surface area contributed by atoms with Crippen LogP contribution in [0.1, 0.15) is 44.9 Å². The Bertz CT molecular complexity index is 579. The van der Waals surface area contributed by atoms with Crippen molar-refractivity contribution in [2.24, 2.45) is 11.5 Å². The van der Waals surface area contributed by atoms with Crippen LogP contribution in [0.25, 0.3) is 0 Å². The molecule has 1 atom stereocenters. The number of hydrogen-bond donors (Lipinski definition) is 5. The molecule has 2 amide bonds. The smallest absolute Gasteiger partial charge is 0.417 e. The zero-order valence-electron chi connectivity index (χ0n) is 16.6. The van der Waals surface area contributed by atoms with Crippen LogP contribution in [0.2, 0.25) is 0 Å². The van der Waals surface area contributed by atoms with Crippen molar-refractivity contribution in [3.8, 4) is 0 Å². The van der Waals surface area contributed by atoms with Gasteiger partial charge in [-0.25, -0.2) is 4.79 Å². The standard InChI is InChI=1S/C18H31N6O5/c19-9-17(28)24(13-5-2-1-3-6-13)10-16(27)23-14(15(26)11-29-12-25)7-4-8-22-18(20)21/h13-14H,1-11,19H2,(H,23,27)(H4,20,21,22)/t14-/m0/s1. The summed E-state index contributed by atoms with van der Waals surface area (Å²) < 4.78 is 4.38. The lowest BCUT2D eigenvalue weighted by Gasteiger charge is -2.34. The highest BCUT2D eigenvalue weighted by atomic mass is 16.5. The van der Waals surface area contributed by atoms with Crippen molar-refractivity contribution >= 4 is 30.0 Å². The van der Waals surface area contributed by atoms with Gasteiger partial charge in [-0.1, -0.05) is 19.3 Å². The molecule has 11 nitrogen and oxygen atoms in total. The Balaban J connectivity index is 2.70. The number of ketones is 1. The Morgan fingerprint density at radius 1 is 1.24 bits per heavy atom. The summed E-state index contributed by atoms with van der Waals surface area (Å²) in [6.07, 6.45) is 5.42. The number of ether oxygens (including phenoxy) is 1. The fraction of sp³-hybridized carbons (Fsp3) is 0.722. The maximum atomic E-state index is 12.6. The lowest BCUT2D eigenvalue weighted by atomic mass is 9.94. The van der Waals surface area contributed by atoms with Crippen molar-refractivity contribution in [2.45, 2.75) is 57.0 Å². The Hall–Kier alpha value is -2.69. The maximum Gasteiger partial charge on any atom is 0.417 e. The second kappa shape index (κ2) is 13.5. The first-order valence-electron chi connectivity index (χ1n) is 9.77. The molecule has 0 aromatic rings. The first-order chi connectivity index (χ1) is 13.9. The van der Waals surface area contributed by atoms with Crippen molar-refractivity contribution in [2.75, 3.05) is 26.2 Å². The number of hydrogen-bond acceptors (Lipinski definition) is 7. The molecule has 1 radical (unpaired) electrons. The molecule has 1 saturated carbocycles. The SMILES string of the molecule is N=C(N)NCCC[C@H](NC(=O)CN(C(=O)CN)C1CCCCC1)C(=O)CO[C]=O. The number of nitrogens with zero attached hydrogens (tertiary/aromatic N) is 1. The van der Waals surface area contributed by atoms with Crippen LogP contribution in [0.5, 0.6) is 0 Å². The van der Waals surface area contributed by atoms with Gasteiger partial charge in [0, 0.05) is 12.6 Å². The van der Waals surface area contributed by atoms with E-state index in [0.717, 1.165) is 32.1 Å². The van der Waals surface area contributed by atoms with E-state index in [0.29, 0.717) is 13.0 Å². The molecular formula is C18H31N6O5. The summed E-state index contributed by atoms with van der Waals surface area (Å²) in [6, 6.07) is -0.932. The van der Waals surface area contributed by atoms with E-state index in [2.05, 4.69) is 15.4 Å². The number of amides is 2. The molecule has 0 unspecified atom stereocenters. The lowest BCUT2D eigenvalue weighted by Crippen LogP contribution is -2.52. The van der Waals surface area contributed by atoms with E-state index in [1.54, 1.807) is 0 Å². The van der Waals surface area contributed by atoms with E-state index < -0.39 is 24.3 Å². The second-order valence-corrected chi connectivity index (χ2v) is 6.96. The molecule has 1 rings (SSSR count). The molecule has 29 heavy (non-hydrogen) atoms. The number of carbonyl (C=O) groups is 3. The van der Waals surface area contributed by atoms with Crippen molar-refractivity contribution in [3.05, 3.63) is 0 Å². The van der Waals surface area contributed by atoms with Crippen molar-refractivity contribution in [3.63, 3.8) is 0 Å². The third kappa shape index (κ3) is 9.37. The van der Waals surface area contributed by atoms with E-state index in [1.165, 1.54) is 11.4 Å². The van der Waals surface area contributed by atoms with Gasteiger partial charge in [-0.2, -0.15) is 0 Å². The van der Waals surface area contributed by atoms with E-state index in [4.69, 9.17) is 16.9 Å². The summed E-state index contributed by atoms with van der Waals surface area (Å²) in [5, 5.41) is 12.3. The molecule has 1 fully saturated rings. The van der Waals surface area contributed by atoms with Crippen LogP contribution in [0.15, 0.2) is 0 Å². The third-order valence-corrected chi connectivity index (χ3v) is 4.81. The van der Waals surface area contributed by atoms with Crippen LogP contribution < -0.4 is 22.1 Å². The molecule has 0 heterocycles. The van der Waals surface area contributed by atoms with Gasteiger partial charge >= 0.3 is 6.47 Å². The molecular weight excluding hydrogens is 380 g/mol. The van der Waals surface area contributed by atoms with Gasteiger partial charge in [-0.15, -0.1) is 0 Å². The topological polar surface area (TPSA) is 181 Å².